The molecule has 0 bridgehead atoms. The van der Waals surface area contributed by atoms with Gasteiger partial charge in [0.15, 0.2) is 5.78 Å². The highest BCUT2D eigenvalue weighted by atomic mass is 19.4. The number of carbonyl (C=O) groups is 2. The molecule has 0 atom stereocenters. The zero-order chi connectivity index (χ0) is 16.3. The summed E-state index contributed by atoms with van der Waals surface area (Å²) < 4.78 is 42.6. The standard InChI is InChI=1S/C15H17F3O3/c1-4-21-13(20)14(2,3)12(19)9-10-6-5-7-11(8-10)15(16,17)18/h5-8H,4,9H2,1-3H3. The van der Waals surface area contributed by atoms with E-state index in [0.717, 1.165) is 12.1 Å². The van der Waals surface area contributed by atoms with Gasteiger partial charge in [-0.3, -0.25) is 9.59 Å². The fourth-order valence-corrected chi connectivity index (χ4v) is 1.69. The maximum absolute atomic E-state index is 12.6. The van der Waals surface area contributed by atoms with Gasteiger partial charge in [0.1, 0.15) is 5.41 Å². The number of alkyl halides is 3. The molecule has 0 amide bonds. The number of ether oxygens (including phenoxy) is 1. The molecule has 21 heavy (non-hydrogen) atoms. The number of ketones is 1. The summed E-state index contributed by atoms with van der Waals surface area (Å²) in [5, 5.41) is 0. The Morgan fingerprint density at radius 1 is 1.19 bits per heavy atom. The van der Waals surface area contributed by atoms with Gasteiger partial charge in [0.05, 0.1) is 12.2 Å². The molecule has 116 valence electrons. The third kappa shape index (κ3) is 4.31. The largest absolute Gasteiger partial charge is 0.465 e. The first-order chi connectivity index (χ1) is 9.59. The second-order valence-electron chi connectivity index (χ2n) is 5.14. The summed E-state index contributed by atoms with van der Waals surface area (Å²) in [6.07, 6.45) is -4.72. The topological polar surface area (TPSA) is 43.4 Å². The summed E-state index contributed by atoms with van der Waals surface area (Å²) >= 11 is 0. The minimum atomic E-state index is -4.46. The van der Waals surface area contributed by atoms with Crippen LogP contribution in [0.25, 0.3) is 0 Å². The van der Waals surface area contributed by atoms with E-state index in [1.54, 1.807) is 6.92 Å². The number of esters is 1. The first kappa shape index (κ1) is 17.2. The molecule has 0 saturated carbocycles. The van der Waals surface area contributed by atoms with Gasteiger partial charge >= 0.3 is 12.1 Å². The molecule has 0 aliphatic carbocycles. The number of hydrogen-bond acceptors (Lipinski definition) is 3. The van der Waals surface area contributed by atoms with Gasteiger partial charge in [0.25, 0.3) is 0 Å². The van der Waals surface area contributed by atoms with Gasteiger partial charge in [-0.1, -0.05) is 18.2 Å². The summed E-state index contributed by atoms with van der Waals surface area (Å²) in [7, 11) is 0. The lowest BCUT2D eigenvalue weighted by molar-refractivity contribution is -0.157. The van der Waals surface area contributed by atoms with E-state index < -0.39 is 28.9 Å². The number of benzene rings is 1. The maximum Gasteiger partial charge on any atom is 0.416 e. The molecular weight excluding hydrogens is 285 g/mol. The monoisotopic (exact) mass is 302 g/mol. The van der Waals surface area contributed by atoms with Crippen LogP contribution in [0.2, 0.25) is 0 Å². The molecule has 0 fully saturated rings. The number of hydrogen-bond donors (Lipinski definition) is 0. The van der Waals surface area contributed by atoms with E-state index in [1.807, 2.05) is 0 Å². The normalized spacial score (nSPS) is 12.1. The van der Waals surface area contributed by atoms with Crippen LogP contribution in [-0.4, -0.2) is 18.4 Å². The van der Waals surface area contributed by atoms with Gasteiger partial charge < -0.3 is 4.74 Å². The average Bonchev–Trinajstić information content (AvgIpc) is 2.38. The quantitative estimate of drug-likeness (QED) is 0.618. The summed E-state index contributed by atoms with van der Waals surface area (Å²) in [6, 6.07) is 4.51. The molecule has 0 spiro atoms. The summed E-state index contributed by atoms with van der Waals surface area (Å²) in [4.78, 5) is 23.8. The predicted octanol–water partition coefficient (Wildman–Crippen LogP) is 3.41. The SMILES string of the molecule is CCOC(=O)C(C)(C)C(=O)Cc1cccc(C(F)(F)F)c1. The Labute approximate surface area is 121 Å². The lowest BCUT2D eigenvalue weighted by atomic mass is 9.84. The Bertz CT molecular complexity index is 533. The van der Waals surface area contributed by atoms with Gasteiger partial charge in [0.2, 0.25) is 0 Å². The van der Waals surface area contributed by atoms with Crippen LogP contribution < -0.4 is 0 Å². The van der Waals surface area contributed by atoms with E-state index in [-0.39, 0.29) is 18.6 Å². The average molecular weight is 302 g/mol. The molecule has 0 aliphatic rings. The molecule has 1 aromatic rings. The predicted molar refractivity (Wildman–Crippen MR) is 70.6 cm³/mol. The van der Waals surface area contributed by atoms with Crippen LogP contribution in [0, 0.1) is 5.41 Å². The molecule has 0 radical (unpaired) electrons. The zero-order valence-corrected chi connectivity index (χ0v) is 12.1. The summed E-state index contributed by atoms with van der Waals surface area (Å²) in [6.45, 7) is 4.56. The molecule has 0 N–H and O–H groups in total. The van der Waals surface area contributed by atoms with Crippen molar-refractivity contribution in [2.24, 2.45) is 5.41 Å². The van der Waals surface area contributed by atoms with Gasteiger partial charge in [-0.05, 0) is 32.4 Å². The van der Waals surface area contributed by atoms with Crippen LogP contribution in [0.1, 0.15) is 31.9 Å². The second kappa shape index (κ2) is 6.28. The van der Waals surface area contributed by atoms with Crippen molar-refractivity contribution in [1.29, 1.82) is 0 Å². The second-order valence-corrected chi connectivity index (χ2v) is 5.14. The number of halogens is 3. The number of rotatable bonds is 5. The lowest BCUT2D eigenvalue weighted by Gasteiger charge is -2.21. The number of carbonyl (C=O) groups excluding carboxylic acids is 2. The van der Waals surface area contributed by atoms with E-state index in [9.17, 15) is 22.8 Å². The summed E-state index contributed by atoms with van der Waals surface area (Å²) in [5.41, 5.74) is -1.99. The highest BCUT2D eigenvalue weighted by molar-refractivity contribution is 6.03. The van der Waals surface area contributed by atoms with Crippen LogP contribution in [-0.2, 0) is 26.9 Å². The molecule has 1 aromatic carbocycles. The van der Waals surface area contributed by atoms with E-state index in [2.05, 4.69) is 0 Å². The van der Waals surface area contributed by atoms with Crippen LogP contribution in [0.5, 0.6) is 0 Å². The third-order valence-electron chi connectivity index (χ3n) is 3.10. The fraction of sp³-hybridized carbons (Fsp3) is 0.467. The van der Waals surface area contributed by atoms with Crippen molar-refractivity contribution >= 4 is 11.8 Å². The van der Waals surface area contributed by atoms with Crippen LogP contribution >= 0.6 is 0 Å². The molecule has 0 aromatic heterocycles. The van der Waals surface area contributed by atoms with Gasteiger partial charge in [-0.2, -0.15) is 13.2 Å². The maximum atomic E-state index is 12.6. The van der Waals surface area contributed by atoms with Crippen LogP contribution in [0.15, 0.2) is 24.3 Å². The van der Waals surface area contributed by atoms with E-state index >= 15 is 0 Å². The Morgan fingerprint density at radius 3 is 2.33 bits per heavy atom. The zero-order valence-electron chi connectivity index (χ0n) is 12.1. The molecule has 3 nitrogen and oxygen atoms in total. The van der Waals surface area contributed by atoms with Crippen molar-refractivity contribution in [1.82, 2.24) is 0 Å². The highest BCUT2D eigenvalue weighted by Crippen LogP contribution is 2.30. The van der Waals surface area contributed by atoms with E-state index in [0.29, 0.717) is 0 Å². The van der Waals surface area contributed by atoms with E-state index in [1.165, 1.54) is 26.0 Å². The van der Waals surface area contributed by atoms with E-state index in [4.69, 9.17) is 4.74 Å². The third-order valence-corrected chi connectivity index (χ3v) is 3.10. The van der Waals surface area contributed by atoms with Crippen molar-refractivity contribution in [2.75, 3.05) is 6.61 Å². The first-order valence-corrected chi connectivity index (χ1v) is 6.45. The molecule has 0 aliphatic heterocycles. The Balaban J connectivity index is 2.91. The molecule has 0 unspecified atom stereocenters. The Kier molecular flexibility index (Phi) is 5.15. The molecule has 0 heterocycles. The molecule has 6 heteroatoms. The van der Waals surface area contributed by atoms with Gasteiger partial charge in [0, 0.05) is 6.42 Å². The Hall–Kier alpha value is -1.85. The van der Waals surface area contributed by atoms with Crippen molar-refractivity contribution in [3.05, 3.63) is 35.4 Å². The summed E-state index contributed by atoms with van der Waals surface area (Å²) in [5.74, 6) is -1.16. The van der Waals surface area contributed by atoms with Gasteiger partial charge in [-0.15, -0.1) is 0 Å². The van der Waals surface area contributed by atoms with Crippen molar-refractivity contribution in [3.8, 4) is 0 Å². The fourth-order valence-electron chi connectivity index (χ4n) is 1.69. The highest BCUT2D eigenvalue weighted by Gasteiger charge is 2.37. The Morgan fingerprint density at radius 2 is 1.81 bits per heavy atom. The molecular formula is C15H17F3O3. The smallest absolute Gasteiger partial charge is 0.416 e. The molecule has 0 saturated heterocycles. The van der Waals surface area contributed by atoms with Crippen LogP contribution in [0.3, 0.4) is 0 Å². The minimum Gasteiger partial charge on any atom is -0.465 e. The minimum absolute atomic E-state index is 0.138. The lowest BCUT2D eigenvalue weighted by Crippen LogP contribution is -2.36. The van der Waals surface area contributed by atoms with Crippen molar-refractivity contribution in [3.63, 3.8) is 0 Å². The molecule has 1 rings (SSSR count). The van der Waals surface area contributed by atoms with Crippen molar-refractivity contribution < 1.29 is 27.5 Å². The van der Waals surface area contributed by atoms with Gasteiger partial charge in [-0.25, -0.2) is 0 Å². The number of Topliss-reactive ketones (excluding diaryl/α,β-unsaturated/α-hetero) is 1. The first-order valence-electron chi connectivity index (χ1n) is 6.45. The van der Waals surface area contributed by atoms with Crippen molar-refractivity contribution in [2.45, 2.75) is 33.4 Å². The van der Waals surface area contributed by atoms with Crippen LogP contribution in [0.4, 0.5) is 13.2 Å².